The Morgan fingerprint density at radius 2 is 1.61 bits per heavy atom. The standard InChI is InChI=1S/C30H30N2O4/c1-35-30(34)22-10-12-24(13-11-22)36-25-9-5-8-23(18-25)28(21-14-16-31-17-15-21)29(33)32-27-19-26(27)20-6-3-2-4-7-20/h2-13,18,26-27,31H,14-17,19H2,1H3,(H,32,33). The number of esters is 1. The molecule has 1 saturated heterocycles. The van der Waals surface area contributed by atoms with Crippen LogP contribution in [0.5, 0.6) is 11.5 Å². The average molecular weight is 483 g/mol. The first-order valence-corrected chi connectivity index (χ1v) is 12.4. The summed E-state index contributed by atoms with van der Waals surface area (Å²) in [6.45, 7) is 1.73. The molecule has 1 saturated carbocycles. The van der Waals surface area contributed by atoms with E-state index in [0.717, 1.165) is 43.5 Å². The van der Waals surface area contributed by atoms with E-state index in [1.54, 1.807) is 24.3 Å². The minimum atomic E-state index is -0.391. The van der Waals surface area contributed by atoms with Gasteiger partial charge in [0.15, 0.2) is 0 Å². The molecule has 2 aliphatic rings. The molecule has 3 aromatic carbocycles. The van der Waals surface area contributed by atoms with Crippen molar-refractivity contribution in [2.75, 3.05) is 20.2 Å². The number of nitrogens with one attached hydrogen (secondary N) is 2. The van der Waals surface area contributed by atoms with E-state index in [-0.39, 0.29) is 11.9 Å². The molecule has 0 aromatic heterocycles. The summed E-state index contributed by atoms with van der Waals surface area (Å²) >= 11 is 0. The van der Waals surface area contributed by atoms with Crippen LogP contribution in [0.1, 0.15) is 46.7 Å². The number of carbonyl (C=O) groups excluding carboxylic acids is 2. The highest BCUT2D eigenvalue weighted by Crippen LogP contribution is 2.41. The maximum Gasteiger partial charge on any atom is 0.337 e. The number of carbonyl (C=O) groups is 2. The van der Waals surface area contributed by atoms with Crippen LogP contribution in [0.25, 0.3) is 5.57 Å². The van der Waals surface area contributed by atoms with Crippen LogP contribution in [-0.4, -0.2) is 38.1 Å². The number of amides is 1. The number of hydrogen-bond acceptors (Lipinski definition) is 5. The molecule has 6 heteroatoms. The Morgan fingerprint density at radius 3 is 2.33 bits per heavy atom. The predicted octanol–water partition coefficient (Wildman–Crippen LogP) is 5.07. The van der Waals surface area contributed by atoms with Gasteiger partial charge in [-0.2, -0.15) is 0 Å². The van der Waals surface area contributed by atoms with E-state index >= 15 is 0 Å². The quantitative estimate of drug-likeness (QED) is 0.363. The molecule has 2 unspecified atom stereocenters. The molecular formula is C30H30N2O4. The van der Waals surface area contributed by atoms with Crippen molar-refractivity contribution >= 4 is 17.4 Å². The Kier molecular flexibility index (Phi) is 7.14. The normalized spacial score (nSPS) is 18.8. The lowest BCUT2D eigenvalue weighted by Gasteiger charge is -2.21. The largest absolute Gasteiger partial charge is 0.465 e. The van der Waals surface area contributed by atoms with Gasteiger partial charge in [-0.15, -0.1) is 0 Å². The third-order valence-corrected chi connectivity index (χ3v) is 6.76. The Balaban J connectivity index is 1.35. The van der Waals surface area contributed by atoms with Crippen LogP contribution in [0.15, 0.2) is 84.4 Å². The molecular weight excluding hydrogens is 452 g/mol. The molecule has 1 aliphatic carbocycles. The van der Waals surface area contributed by atoms with Crippen molar-refractivity contribution in [3.8, 4) is 11.5 Å². The van der Waals surface area contributed by atoms with Crippen molar-refractivity contribution in [3.63, 3.8) is 0 Å². The van der Waals surface area contributed by atoms with E-state index < -0.39 is 5.97 Å². The van der Waals surface area contributed by atoms with Gasteiger partial charge in [-0.05, 0) is 79.9 Å². The molecule has 0 radical (unpaired) electrons. The summed E-state index contributed by atoms with van der Waals surface area (Å²) in [4.78, 5) is 25.3. The maximum atomic E-state index is 13.6. The predicted molar refractivity (Wildman–Crippen MR) is 139 cm³/mol. The molecule has 184 valence electrons. The Labute approximate surface area is 211 Å². The zero-order valence-corrected chi connectivity index (χ0v) is 20.3. The second-order valence-electron chi connectivity index (χ2n) is 9.21. The van der Waals surface area contributed by atoms with Crippen molar-refractivity contribution in [1.29, 1.82) is 0 Å². The first-order chi connectivity index (χ1) is 17.6. The summed E-state index contributed by atoms with van der Waals surface area (Å²) in [5.74, 6) is 1.20. The second kappa shape index (κ2) is 10.8. The van der Waals surface area contributed by atoms with Gasteiger partial charge in [-0.25, -0.2) is 4.79 Å². The van der Waals surface area contributed by atoms with Crippen molar-refractivity contribution in [1.82, 2.24) is 10.6 Å². The van der Waals surface area contributed by atoms with Crippen LogP contribution in [-0.2, 0) is 9.53 Å². The highest BCUT2D eigenvalue weighted by molar-refractivity contribution is 6.20. The van der Waals surface area contributed by atoms with E-state index in [2.05, 4.69) is 22.8 Å². The zero-order chi connectivity index (χ0) is 24.9. The third kappa shape index (κ3) is 5.50. The average Bonchev–Trinajstić information content (AvgIpc) is 3.69. The van der Waals surface area contributed by atoms with E-state index in [1.165, 1.54) is 18.2 Å². The van der Waals surface area contributed by atoms with Crippen LogP contribution in [0.3, 0.4) is 0 Å². The molecule has 2 atom stereocenters. The molecule has 5 rings (SSSR count). The number of piperidine rings is 1. The molecule has 0 bridgehead atoms. The van der Waals surface area contributed by atoms with Gasteiger partial charge in [0, 0.05) is 17.5 Å². The SMILES string of the molecule is COC(=O)c1ccc(Oc2cccc(C(C(=O)NC3CC3c3ccccc3)=C3CCNCC3)c2)cc1. The minimum Gasteiger partial charge on any atom is -0.465 e. The summed E-state index contributed by atoms with van der Waals surface area (Å²) in [6.07, 6.45) is 2.65. The number of ether oxygens (including phenoxy) is 2. The Hall–Kier alpha value is -3.90. The number of methoxy groups -OCH3 is 1. The van der Waals surface area contributed by atoms with Gasteiger partial charge in [0.1, 0.15) is 11.5 Å². The molecule has 0 spiro atoms. The van der Waals surface area contributed by atoms with Crippen molar-refractivity contribution < 1.29 is 19.1 Å². The molecule has 2 N–H and O–H groups in total. The molecule has 3 aromatic rings. The number of hydrogen-bond donors (Lipinski definition) is 2. The molecule has 1 aliphatic heterocycles. The topological polar surface area (TPSA) is 76.7 Å². The van der Waals surface area contributed by atoms with Gasteiger partial charge in [0.25, 0.3) is 5.91 Å². The number of rotatable bonds is 7. The van der Waals surface area contributed by atoms with Crippen LogP contribution in [0, 0.1) is 0 Å². The van der Waals surface area contributed by atoms with Crippen molar-refractivity contribution in [2.45, 2.75) is 31.2 Å². The Morgan fingerprint density at radius 1 is 0.861 bits per heavy atom. The van der Waals surface area contributed by atoms with Crippen LogP contribution in [0.4, 0.5) is 0 Å². The lowest BCUT2D eigenvalue weighted by atomic mass is 9.93. The van der Waals surface area contributed by atoms with Gasteiger partial charge in [0.2, 0.25) is 0 Å². The fourth-order valence-corrected chi connectivity index (χ4v) is 4.77. The molecule has 1 amide bonds. The molecule has 1 heterocycles. The summed E-state index contributed by atoms with van der Waals surface area (Å²) in [6, 6.07) is 25.0. The first kappa shape index (κ1) is 23.8. The molecule has 6 nitrogen and oxygen atoms in total. The lowest BCUT2D eigenvalue weighted by molar-refractivity contribution is -0.115. The number of benzene rings is 3. The molecule has 36 heavy (non-hydrogen) atoms. The van der Waals surface area contributed by atoms with Gasteiger partial charge < -0.3 is 20.1 Å². The van der Waals surface area contributed by atoms with Gasteiger partial charge in [-0.1, -0.05) is 48.0 Å². The van der Waals surface area contributed by atoms with Gasteiger partial charge in [-0.3, -0.25) is 4.79 Å². The van der Waals surface area contributed by atoms with Gasteiger partial charge >= 0.3 is 5.97 Å². The lowest BCUT2D eigenvalue weighted by Crippen LogP contribution is -2.30. The maximum absolute atomic E-state index is 13.6. The molecule has 2 fully saturated rings. The summed E-state index contributed by atoms with van der Waals surface area (Å²) < 4.78 is 10.8. The van der Waals surface area contributed by atoms with Crippen molar-refractivity contribution in [2.24, 2.45) is 0 Å². The van der Waals surface area contributed by atoms with Crippen LogP contribution < -0.4 is 15.4 Å². The fourth-order valence-electron chi connectivity index (χ4n) is 4.77. The smallest absolute Gasteiger partial charge is 0.337 e. The van der Waals surface area contributed by atoms with Gasteiger partial charge in [0.05, 0.1) is 12.7 Å². The summed E-state index contributed by atoms with van der Waals surface area (Å²) in [5.41, 5.74) is 4.50. The zero-order valence-electron chi connectivity index (χ0n) is 20.3. The monoisotopic (exact) mass is 482 g/mol. The minimum absolute atomic E-state index is 0.0186. The van der Waals surface area contributed by atoms with E-state index in [4.69, 9.17) is 9.47 Å². The summed E-state index contributed by atoms with van der Waals surface area (Å²) in [5, 5.41) is 6.67. The van der Waals surface area contributed by atoms with Crippen LogP contribution in [0.2, 0.25) is 0 Å². The van der Waals surface area contributed by atoms with E-state index in [0.29, 0.717) is 23.0 Å². The highest BCUT2D eigenvalue weighted by atomic mass is 16.5. The van der Waals surface area contributed by atoms with Crippen molar-refractivity contribution in [3.05, 3.63) is 101 Å². The van der Waals surface area contributed by atoms with Crippen LogP contribution >= 0.6 is 0 Å². The fraction of sp³-hybridized carbons (Fsp3) is 0.267. The highest BCUT2D eigenvalue weighted by Gasteiger charge is 2.40. The third-order valence-electron chi connectivity index (χ3n) is 6.76. The van der Waals surface area contributed by atoms with E-state index in [9.17, 15) is 9.59 Å². The second-order valence-corrected chi connectivity index (χ2v) is 9.21. The first-order valence-electron chi connectivity index (χ1n) is 12.4. The summed E-state index contributed by atoms with van der Waals surface area (Å²) in [7, 11) is 1.36. The van der Waals surface area contributed by atoms with E-state index in [1.807, 2.05) is 42.5 Å². The Bertz CT molecular complexity index is 1260.